The summed E-state index contributed by atoms with van der Waals surface area (Å²) in [5.41, 5.74) is 2.92. The maximum Gasteiger partial charge on any atom is 0.306 e. The molecule has 1 N–H and O–H groups in total. The quantitative estimate of drug-likeness (QED) is 0.632. The van der Waals surface area contributed by atoms with Gasteiger partial charge in [0, 0.05) is 30.9 Å². The zero-order valence-corrected chi connectivity index (χ0v) is 16.2. The Morgan fingerprint density at radius 3 is 2.64 bits per heavy atom. The summed E-state index contributed by atoms with van der Waals surface area (Å²) in [5, 5.41) is 6.86. The lowest BCUT2D eigenvalue weighted by molar-refractivity contribution is -0.144. The average Bonchev–Trinajstić information content (AvgIpc) is 3.13. The van der Waals surface area contributed by atoms with Gasteiger partial charge in [-0.25, -0.2) is 9.97 Å². The Balaban J connectivity index is 1.98. The molecule has 0 atom stereocenters. The summed E-state index contributed by atoms with van der Waals surface area (Å²) in [6, 6.07) is 9.61. The number of nitrogens with zero attached hydrogens (tertiary/aromatic N) is 4. The molecule has 0 radical (unpaired) electrons. The lowest BCUT2D eigenvalue weighted by Crippen LogP contribution is -2.16. The van der Waals surface area contributed by atoms with Crippen LogP contribution < -0.4 is 5.32 Å². The number of aromatic nitrogens is 4. The van der Waals surface area contributed by atoms with E-state index in [0.29, 0.717) is 30.1 Å². The highest BCUT2D eigenvalue weighted by atomic mass is 16.5. The van der Waals surface area contributed by atoms with E-state index in [1.165, 1.54) is 17.8 Å². The number of benzene rings is 1. The fourth-order valence-corrected chi connectivity index (χ4v) is 2.89. The number of ether oxygens (including phenoxy) is 1. The van der Waals surface area contributed by atoms with Crippen LogP contribution in [0.25, 0.3) is 16.9 Å². The molecule has 0 aliphatic rings. The molecule has 146 valence electrons. The van der Waals surface area contributed by atoms with E-state index in [9.17, 15) is 9.59 Å². The summed E-state index contributed by atoms with van der Waals surface area (Å²) in [5.74, 6) is 0.0591. The SMILES string of the molecule is CC(=O)Nc1nc(-c2ccccc2)c(CCOC(=O)CC(C)C)c2ncnn12. The van der Waals surface area contributed by atoms with Gasteiger partial charge in [-0.1, -0.05) is 44.2 Å². The molecule has 0 saturated heterocycles. The van der Waals surface area contributed by atoms with Crippen LogP contribution >= 0.6 is 0 Å². The topological polar surface area (TPSA) is 98.5 Å². The molecule has 2 heterocycles. The van der Waals surface area contributed by atoms with Crippen molar-refractivity contribution < 1.29 is 14.3 Å². The summed E-state index contributed by atoms with van der Waals surface area (Å²) in [6.45, 7) is 5.57. The highest BCUT2D eigenvalue weighted by Gasteiger charge is 2.18. The number of anilines is 1. The third-order valence-electron chi connectivity index (χ3n) is 4.05. The lowest BCUT2D eigenvalue weighted by atomic mass is 10.0. The number of fused-ring (bicyclic) bond motifs is 1. The van der Waals surface area contributed by atoms with Crippen LogP contribution in [-0.2, 0) is 20.7 Å². The Morgan fingerprint density at radius 2 is 1.96 bits per heavy atom. The van der Waals surface area contributed by atoms with Gasteiger partial charge in [-0.2, -0.15) is 9.61 Å². The maximum atomic E-state index is 11.9. The lowest BCUT2D eigenvalue weighted by Gasteiger charge is -2.14. The first-order valence-electron chi connectivity index (χ1n) is 9.17. The summed E-state index contributed by atoms with van der Waals surface area (Å²) in [7, 11) is 0. The molecule has 0 bridgehead atoms. The average molecular weight is 381 g/mol. The van der Waals surface area contributed by atoms with Gasteiger partial charge < -0.3 is 4.74 Å². The van der Waals surface area contributed by atoms with Crippen molar-refractivity contribution in [3.63, 3.8) is 0 Å². The molecule has 0 saturated carbocycles. The monoisotopic (exact) mass is 381 g/mol. The van der Waals surface area contributed by atoms with E-state index < -0.39 is 0 Å². The van der Waals surface area contributed by atoms with E-state index in [2.05, 4.69) is 20.4 Å². The number of hydrogen-bond acceptors (Lipinski definition) is 6. The number of carbonyl (C=O) groups excluding carboxylic acids is 2. The first-order chi connectivity index (χ1) is 13.5. The van der Waals surface area contributed by atoms with E-state index >= 15 is 0 Å². The van der Waals surface area contributed by atoms with Crippen LogP contribution in [0, 0.1) is 5.92 Å². The molecule has 3 rings (SSSR count). The Kier molecular flexibility index (Phi) is 5.98. The summed E-state index contributed by atoms with van der Waals surface area (Å²) in [4.78, 5) is 32.4. The van der Waals surface area contributed by atoms with Crippen molar-refractivity contribution in [1.29, 1.82) is 0 Å². The van der Waals surface area contributed by atoms with Crippen molar-refractivity contribution in [2.45, 2.75) is 33.6 Å². The number of esters is 1. The van der Waals surface area contributed by atoms with Crippen molar-refractivity contribution >= 4 is 23.5 Å². The van der Waals surface area contributed by atoms with Gasteiger partial charge in [-0.15, -0.1) is 0 Å². The van der Waals surface area contributed by atoms with Crippen LogP contribution in [0.15, 0.2) is 36.7 Å². The molecule has 0 aliphatic heterocycles. The highest BCUT2D eigenvalue weighted by molar-refractivity contribution is 5.88. The highest BCUT2D eigenvalue weighted by Crippen LogP contribution is 2.27. The number of hydrogen-bond donors (Lipinski definition) is 1. The second-order valence-electron chi connectivity index (χ2n) is 6.87. The van der Waals surface area contributed by atoms with Crippen molar-refractivity contribution in [3.8, 4) is 11.3 Å². The molecule has 8 heteroatoms. The van der Waals surface area contributed by atoms with E-state index in [1.807, 2.05) is 44.2 Å². The predicted octanol–water partition coefficient (Wildman–Crippen LogP) is 2.88. The predicted molar refractivity (Wildman–Crippen MR) is 105 cm³/mol. The first-order valence-corrected chi connectivity index (χ1v) is 9.17. The fourth-order valence-electron chi connectivity index (χ4n) is 2.89. The minimum atomic E-state index is -0.251. The van der Waals surface area contributed by atoms with Crippen molar-refractivity contribution in [1.82, 2.24) is 19.6 Å². The maximum absolute atomic E-state index is 11.9. The molecular formula is C20H23N5O3. The normalized spacial score (nSPS) is 11.0. The molecule has 0 unspecified atom stereocenters. The molecule has 0 fully saturated rings. The number of amides is 1. The molecule has 28 heavy (non-hydrogen) atoms. The van der Waals surface area contributed by atoms with Crippen molar-refractivity contribution in [3.05, 3.63) is 42.2 Å². The van der Waals surface area contributed by atoms with Gasteiger partial charge in [0.2, 0.25) is 11.9 Å². The summed E-state index contributed by atoms with van der Waals surface area (Å²) >= 11 is 0. The molecule has 2 aromatic heterocycles. The van der Waals surface area contributed by atoms with Gasteiger partial charge in [-0.3, -0.25) is 14.9 Å². The van der Waals surface area contributed by atoms with E-state index in [-0.39, 0.29) is 24.4 Å². The Morgan fingerprint density at radius 1 is 1.21 bits per heavy atom. The van der Waals surface area contributed by atoms with Crippen LogP contribution in [0.2, 0.25) is 0 Å². The van der Waals surface area contributed by atoms with Gasteiger partial charge in [-0.05, 0) is 5.92 Å². The summed E-state index contributed by atoms with van der Waals surface area (Å²) in [6.07, 6.45) is 2.22. The van der Waals surface area contributed by atoms with Crippen molar-refractivity contribution in [2.24, 2.45) is 5.92 Å². The van der Waals surface area contributed by atoms with E-state index in [4.69, 9.17) is 4.74 Å². The van der Waals surface area contributed by atoms with Gasteiger partial charge >= 0.3 is 5.97 Å². The van der Waals surface area contributed by atoms with E-state index in [1.54, 1.807) is 0 Å². The third-order valence-corrected chi connectivity index (χ3v) is 4.05. The molecular weight excluding hydrogens is 358 g/mol. The molecule has 1 amide bonds. The molecule has 8 nitrogen and oxygen atoms in total. The van der Waals surface area contributed by atoms with Gasteiger partial charge in [0.15, 0.2) is 5.65 Å². The largest absolute Gasteiger partial charge is 0.465 e. The number of nitrogens with one attached hydrogen (secondary N) is 1. The van der Waals surface area contributed by atoms with E-state index in [0.717, 1.165) is 11.1 Å². The van der Waals surface area contributed by atoms with Gasteiger partial charge in [0.25, 0.3) is 0 Å². The Labute approximate surface area is 163 Å². The molecule has 1 aromatic carbocycles. The fraction of sp³-hybridized carbons (Fsp3) is 0.350. The number of rotatable bonds is 7. The summed E-state index contributed by atoms with van der Waals surface area (Å²) < 4.78 is 6.86. The van der Waals surface area contributed by atoms with Crippen LogP contribution in [0.1, 0.15) is 32.8 Å². The zero-order chi connectivity index (χ0) is 20.1. The molecule has 3 aromatic rings. The van der Waals surface area contributed by atoms with Gasteiger partial charge in [0.05, 0.1) is 12.3 Å². The minimum Gasteiger partial charge on any atom is -0.465 e. The molecule has 0 aliphatic carbocycles. The van der Waals surface area contributed by atoms with Crippen LogP contribution in [0.4, 0.5) is 5.95 Å². The van der Waals surface area contributed by atoms with Crippen LogP contribution in [-0.4, -0.2) is 38.1 Å². The minimum absolute atomic E-state index is 0.217. The Hall–Kier alpha value is -3.29. The van der Waals surface area contributed by atoms with Crippen molar-refractivity contribution in [2.75, 3.05) is 11.9 Å². The van der Waals surface area contributed by atoms with Crippen LogP contribution in [0.5, 0.6) is 0 Å². The van der Waals surface area contributed by atoms with Gasteiger partial charge in [0.1, 0.15) is 6.33 Å². The smallest absolute Gasteiger partial charge is 0.306 e. The second-order valence-corrected chi connectivity index (χ2v) is 6.87. The van der Waals surface area contributed by atoms with Crippen LogP contribution in [0.3, 0.4) is 0 Å². The second kappa shape index (κ2) is 8.60. The first kappa shape index (κ1) is 19.5. The number of carbonyl (C=O) groups is 2. The molecule has 0 spiro atoms. The Bertz CT molecular complexity index is 982. The third kappa shape index (κ3) is 4.51. The zero-order valence-electron chi connectivity index (χ0n) is 16.2. The standard InChI is InChI=1S/C20H23N5O3/c1-13(2)11-17(27)28-10-9-16-18(15-7-5-4-6-8-15)24-20(23-14(3)26)25-19(16)21-12-22-25/h4-8,12-13H,9-11H2,1-3H3,(H,23,24,26).